The number of benzene rings is 3. The highest BCUT2D eigenvalue weighted by Crippen LogP contribution is 2.32. The number of methoxy groups -OCH3 is 1. The van der Waals surface area contributed by atoms with Gasteiger partial charge in [0.2, 0.25) is 0 Å². The second-order valence-corrected chi connectivity index (χ2v) is 10.4. The fraction of sp³-hybridized carbons (Fsp3) is 0.133. The number of thiazole rings is 1. The number of nitrogens with one attached hydrogen (secondary N) is 1. The molecule has 5 rings (SSSR count). The molecule has 40 heavy (non-hydrogen) atoms. The van der Waals surface area contributed by atoms with Gasteiger partial charge in [0.15, 0.2) is 16.3 Å². The summed E-state index contributed by atoms with van der Waals surface area (Å²) in [5.74, 6) is -0.191. The molecule has 0 unspecified atom stereocenters. The Morgan fingerprint density at radius 3 is 2.45 bits per heavy atom. The van der Waals surface area contributed by atoms with Crippen molar-refractivity contribution in [2.45, 2.75) is 19.9 Å². The molecule has 0 saturated carbocycles. The maximum Gasteiger partial charge on any atom is 0.308 e. The van der Waals surface area contributed by atoms with Crippen molar-refractivity contribution in [3.8, 4) is 11.5 Å². The van der Waals surface area contributed by atoms with E-state index in [0.717, 1.165) is 5.56 Å². The Balaban J connectivity index is 1.63. The maximum absolute atomic E-state index is 13.9. The van der Waals surface area contributed by atoms with Crippen LogP contribution in [0.25, 0.3) is 6.08 Å². The number of fused-ring (bicyclic) bond motifs is 1. The van der Waals surface area contributed by atoms with Gasteiger partial charge in [-0.3, -0.25) is 19.0 Å². The number of rotatable bonds is 6. The van der Waals surface area contributed by atoms with Crippen LogP contribution in [0.4, 0.5) is 5.69 Å². The summed E-state index contributed by atoms with van der Waals surface area (Å²) in [4.78, 5) is 44.0. The lowest BCUT2D eigenvalue weighted by Crippen LogP contribution is -2.40. The summed E-state index contributed by atoms with van der Waals surface area (Å²) in [6, 6.07) is 20.5. The van der Waals surface area contributed by atoms with E-state index in [2.05, 4.69) is 10.3 Å². The van der Waals surface area contributed by atoms with Gasteiger partial charge in [0.25, 0.3) is 11.5 Å². The van der Waals surface area contributed by atoms with Crippen LogP contribution in [-0.4, -0.2) is 23.6 Å². The third-order valence-corrected chi connectivity index (χ3v) is 7.46. The van der Waals surface area contributed by atoms with E-state index in [1.54, 1.807) is 67.6 Å². The van der Waals surface area contributed by atoms with Crippen LogP contribution in [0, 0.1) is 0 Å². The first-order valence-electron chi connectivity index (χ1n) is 12.3. The minimum absolute atomic E-state index is 0.279. The number of nitrogens with zero attached hydrogens (tertiary/aromatic N) is 2. The summed E-state index contributed by atoms with van der Waals surface area (Å²) in [5, 5.41) is 3.47. The highest BCUT2D eigenvalue weighted by atomic mass is 35.5. The minimum Gasteiger partial charge on any atom is -0.493 e. The predicted octanol–water partition coefficient (Wildman–Crippen LogP) is 4.46. The predicted molar refractivity (Wildman–Crippen MR) is 155 cm³/mol. The number of carbonyl (C=O) groups is 2. The molecule has 0 spiro atoms. The molecule has 1 amide bonds. The van der Waals surface area contributed by atoms with Crippen LogP contribution in [0.2, 0.25) is 5.02 Å². The number of halogens is 1. The van der Waals surface area contributed by atoms with Crippen LogP contribution < -0.4 is 29.7 Å². The molecule has 0 fully saturated rings. The number of hydrogen-bond donors (Lipinski definition) is 1. The van der Waals surface area contributed by atoms with E-state index >= 15 is 0 Å². The number of allylic oxidation sites excluding steroid dienone is 1. The summed E-state index contributed by atoms with van der Waals surface area (Å²) in [6.45, 7) is 3.07. The van der Waals surface area contributed by atoms with Gasteiger partial charge in [-0.1, -0.05) is 59.3 Å². The number of aromatic nitrogens is 1. The molecule has 4 aromatic rings. The molecule has 1 aliphatic rings. The van der Waals surface area contributed by atoms with Gasteiger partial charge >= 0.3 is 5.97 Å². The summed E-state index contributed by atoms with van der Waals surface area (Å²) >= 11 is 7.37. The van der Waals surface area contributed by atoms with Gasteiger partial charge in [0.1, 0.15) is 0 Å². The third-order valence-electron chi connectivity index (χ3n) is 6.22. The van der Waals surface area contributed by atoms with Crippen LogP contribution in [-0.2, 0) is 9.59 Å². The van der Waals surface area contributed by atoms with E-state index in [9.17, 15) is 14.4 Å². The maximum atomic E-state index is 13.9. The Labute approximate surface area is 238 Å². The number of amides is 1. The van der Waals surface area contributed by atoms with Gasteiger partial charge in [0, 0.05) is 17.6 Å². The van der Waals surface area contributed by atoms with Crippen molar-refractivity contribution in [2.24, 2.45) is 4.99 Å². The molecule has 10 heteroatoms. The zero-order valence-electron chi connectivity index (χ0n) is 21.8. The minimum atomic E-state index is -0.722. The number of esters is 1. The zero-order valence-corrected chi connectivity index (χ0v) is 23.4. The van der Waals surface area contributed by atoms with Gasteiger partial charge in [0.05, 0.1) is 29.0 Å². The molecule has 3 aromatic carbocycles. The standard InChI is InChI=1S/C30H24ClN3O5S/c1-17-26(28(36)33-22-7-5-4-6-8-22)27(20-10-12-21(31)13-11-20)34-29(37)25(40-30(34)32-17)16-19-9-14-23(39-18(2)35)24(15-19)38-3/h4-16,27H,1-3H3,(H,33,36)/b25-16+/t27-/m1/s1. The van der Waals surface area contributed by atoms with Crippen LogP contribution in [0.1, 0.15) is 31.0 Å². The summed E-state index contributed by atoms with van der Waals surface area (Å²) in [7, 11) is 1.47. The first-order valence-corrected chi connectivity index (χ1v) is 13.5. The number of ether oxygens (including phenoxy) is 2. The van der Waals surface area contributed by atoms with Crippen molar-refractivity contribution in [3.05, 3.63) is 120 Å². The molecule has 0 radical (unpaired) electrons. The Morgan fingerprint density at radius 2 is 1.77 bits per heavy atom. The van der Waals surface area contributed by atoms with Gasteiger partial charge in [-0.25, -0.2) is 4.99 Å². The second-order valence-electron chi connectivity index (χ2n) is 8.96. The SMILES string of the molecule is COc1cc(/C=c2/sc3n(c2=O)[C@H](c2ccc(Cl)cc2)C(C(=O)Nc2ccccc2)=C(C)N=3)ccc1OC(C)=O. The lowest BCUT2D eigenvalue weighted by atomic mass is 9.95. The lowest BCUT2D eigenvalue weighted by Gasteiger charge is -2.25. The van der Waals surface area contributed by atoms with E-state index in [1.165, 1.54) is 29.9 Å². The molecular weight excluding hydrogens is 550 g/mol. The van der Waals surface area contributed by atoms with E-state index in [-0.39, 0.29) is 17.2 Å². The van der Waals surface area contributed by atoms with Crippen molar-refractivity contribution in [1.82, 2.24) is 4.57 Å². The van der Waals surface area contributed by atoms with Crippen LogP contribution >= 0.6 is 22.9 Å². The molecule has 1 aliphatic heterocycles. The summed E-state index contributed by atoms with van der Waals surface area (Å²) < 4.78 is 12.5. The number of hydrogen-bond acceptors (Lipinski definition) is 7. The fourth-order valence-electron chi connectivity index (χ4n) is 4.46. The molecule has 0 bridgehead atoms. The third kappa shape index (κ3) is 5.47. The molecule has 0 saturated heterocycles. The smallest absolute Gasteiger partial charge is 0.308 e. The Morgan fingerprint density at radius 1 is 1.05 bits per heavy atom. The monoisotopic (exact) mass is 573 g/mol. The number of para-hydroxylation sites is 1. The highest BCUT2D eigenvalue weighted by Gasteiger charge is 2.32. The van der Waals surface area contributed by atoms with E-state index in [4.69, 9.17) is 21.1 Å². The zero-order chi connectivity index (χ0) is 28.4. The van der Waals surface area contributed by atoms with Gasteiger partial charge in [-0.05, 0) is 60.5 Å². The van der Waals surface area contributed by atoms with Crippen molar-refractivity contribution in [1.29, 1.82) is 0 Å². The molecule has 2 heterocycles. The van der Waals surface area contributed by atoms with Crippen LogP contribution in [0.5, 0.6) is 11.5 Å². The lowest BCUT2D eigenvalue weighted by molar-refractivity contribution is -0.132. The Bertz CT molecular complexity index is 1830. The number of anilines is 1. The fourth-order valence-corrected chi connectivity index (χ4v) is 5.63. The Kier molecular flexibility index (Phi) is 7.68. The molecule has 8 nitrogen and oxygen atoms in total. The molecular formula is C30H24ClN3O5S. The highest BCUT2D eigenvalue weighted by molar-refractivity contribution is 7.07. The molecule has 1 N–H and O–H groups in total. The van der Waals surface area contributed by atoms with Gasteiger partial charge in [-0.15, -0.1) is 0 Å². The van der Waals surface area contributed by atoms with Crippen molar-refractivity contribution in [2.75, 3.05) is 12.4 Å². The van der Waals surface area contributed by atoms with Crippen molar-refractivity contribution < 1.29 is 19.1 Å². The van der Waals surface area contributed by atoms with Crippen LogP contribution in [0.3, 0.4) is 0 Å². The van der Waals surface area contributed by atoms with E-state index in [0.29, 0.717) is 42.6 Å². The second kappa shape index (κ2) is 11.3. The van der Waals surface area contributed by atoms with Gasteiger partial charge < -0.3 is 14.8 Å². The normalized spacial score (nSPS) is 14.8. The van der Waals surface area contributed by atoms with Crippen LogP contribution in [0.15, 0.2) is 93.9 Å². The Hall–Kier alpha value is -4.47. The van der Waals surface area contributed by atoms with Crippen molar-refractivity contribution >= 4 is 46.6 Å². The summed E-state index contributed by atoms with van der Waals surface area (Å²) in [5.41, 5.74) is 2.58. The molecule has 0 aliphatic carbocycles. The topological polar surface area (TPSA) is 99.0 Å². The molecule has 1 aromatic heterocycles. The number of carbonyl (C=O) groups excluding carboxylic acids is 2. The van der Waals surface area contributed by atoms with Crippen molar-refractivity contribution in [3.63, 3.8) is 0 Å². The van der Waals surface area contributed by atoms with E-state index < -0.39 is 12.0 Å². The van der Waals surface area contributed by atoms with Gasteiger partial charge in [-0.2, -0.15) is 0 Å². The average molecular weight is 574 g/mol. The van der Waals surface area contributed by atoms with E-state index in [1.807, 2.05) is 18.2 Å². The largest absolute Gasteiger partial charge is 0.493 e. The summed E-state index contributed by atoms with van der Waals surface area (Å²) in [6.07, 6.45) is 1.71. The quantitative estimate of drug-likeness (QED) is 0.271. The molecule has 202 valence electrons. The average Bonchev–Trinajstić information content (AvgIpc) is 3.23. The molecule has 1 atom stereocenters. The first kappa shape index (κ1) is 27.1. The first-order chi connectivity index (χ1) is 19.2.